The molecule has 0 aliphatic carbocycles. The Bertz CT molecular complexity index is 1330. The predicted octanol–water partition coefficient (Wildman–Crippen LogP) is 5.97. The van der Waals surface area contributed by atoms with Gasteiger partial charge in [0.25, 0.3) is 0 Å². The van der Waals surface area contributed by atoms with Crippen molar-refractivity contribution in [2.24, 2.45) is 11.0 Å². The van der Waals surface area contributed by atoms with Crippen LogP contribution in [0.4, 0.5) is 27.9 Å². The van der Waals surface area contributed by atoms with Gasteiger partial charge in [0.1, 0.15) is 5.82 Å². The summed E-state index contributed by atoms with van der Waals surface area (Å²) < 4.78 is 13.9. The van der Waals surface area contributed by atoms with Crippen molar-refractivity contribution in [3.05, 3.63) is 101 Å². The first-order valence-electron chi connectivity index (χ1n) is 12.5. The molecule has 0 amide bonds. The highest BCUT2D eigenvalue weighted by Crippen LogP contribution is 2.26. The van der Waals surface area contributed by atoms with Crippen molar-refractivity contribution in [3.63, 3.8) is 0 Å². The molecule has 7 nitrogen and oxygen atoms in total. The van der Waals surface area contributed by atoms with Crippen LogP contribution in [0, 0.1) is 18.7 Å². The van der Waals surface area contributed by atoms with Crippen LogP contribution in [0.5, 0.6) is 0 Å². The summed E-state index contributed by atoms with van der Waals surface area (Å²) in [5.74, 6) is 1.59. The smallest absolute Gasteiger partial charge is 0.250 e. The van der Waals surface area contributed by atoms with E-state index in [2.05, 4.69) is 61.0 Å². The number of nitrogens with zero attached hydrogens (tertiary/aromatic N) is 5. The number of hydrazone groups is 1. The molecule has 0 bridgehead atoms. The molecule has 1 saturated heterocycles. The monoisotopic (exact) mass is 495 g/mol. The van der Waals surface area contributed by atoms with Crippen LogP contribution in [0.1, 0.15) is 29.5 Å². The summed E-state index contributed by atoms with van der Waals surface area (Å²) in [5, 5.41) is 7.43. The average molecular weight is 496 g/mol. The zero-order valence-electron chi connectivity index (χ0n) is 20.8. The van der Waals surface area contributed by atoms with Gasteiger partial charge >= 0.3 is 0 Å². The van der Waals surface area contributed by atoms with Crippen LogP contribution in [-0.2, 0) is 6.42 Å². The summed E-state index contributed by atoms with van der Waals surface area (Å²) in [6.07, 6.45) is 4.63. The fourth-order valence-corrected chi connectivity index (χ4v) is 4.40. The van der Waals surface area contributed by atoms with Gasteiger partial charge in [0.05, 0.1) is 6.21 Å². The second-order valence-electron chi connectivity index (χ2n) is 9.29. The standard InChI is InChI=1S/C29H30FN7/c1-21-11-13-25(14-12-21)32-27-33-28(36-31-20-24-9-5-6-10-26(24)30)35-29(34-27)37-17-15-23(16-18-37)19-22-7-3-2-4-8-22/h2-14,20,23H,15-19H2,1H3,(H2,32,33,34,35,36)/b31-20-. The van der Waals surface area contributed by atoms with Crippen molar-refractivity contribution in [1.82, 2.24) is 15.0 Å². The highest BCUT2D eigenvalue weighted by atomic mass is 19.1. The third kappa shape index (κ3) is 6.67. The Balaban J connectivity index is 1.32. The molecule has 2 N–H and O–H groups in total. The molecule has 0 unspecified atom stereocenters. The van der Waals surface area contributed by atoms with Crippen molar-refractivity contribution < 1.29 is 4.39 Å². The molecule has 3 aromatic carbocycles. The topological polar surface area (TPSA) is 78.3 Å². The number of hydrogen-bond acceptors (Lipinski definition) is 7. The third-order valence-electron chi connectivity index (χ3n) is 6.47. The van der Waals surface area contributed by atoms with Gasteiger partial charge in [0.15, 0.2) is 0 Å². The molecule has 188 valence electrons. The van der Waals surface area contributed by atoms with Gasteiger partial charge in [-0.05, 0) is 55.9 Å². The van der Waals surface area contributed by atoms with Crippen molar-refractivity contribution in [3.8, 4) is 0 Å². The van der Waals surface area contributed by atoms with Crippen LogP contribution >= 0.6 is 0 Å². The first-order valence-corrected chi connectivity index (χ1v) is 12.5. The molecule has 1 aliphatic rings. The molecule has 5 rings (SSSR count). The van der Waals surface area contributed by atoms with Crippen LogP contribution in [-0.4, -0.2) is 34.3 Å². The number of anilines is 4. The highest BCUT2D eigenvalue weighted by Gasteiger charge is 2.22. The summed E-state index contributed by atoms with van der Waals surface area (Å²) in [7, 11) is 0. The van der Waals surface area contributed by atoms with E-state index in [1.54, 1.807) is 18.2 Å². The van der Waals surface area contributed by atoms with Gasteiger partial charge in [-0.1, -0.05) is 66.2 Å². The van der Waals surface area contributed by atoms with Gasteiger partial charge in [-0.3, -0.25) is 0 Å². The molecular formula is C29H30FN7. The van der Waals surface area contributed by atoms with Crippen molar-refractivity contribution in [1.29, 1.82) is 0 Å². The second-order valence-corrected chi connectivity index (χ2v) is 9.29. The Labute approximate surface area is 216 Å². The number of rotatable bonds is 8. The lowest BCUT2D eigenvalue weighted by Crippen LogP contribution is -2.35. The van der Waals surface area contributed by atoms with Crippen LogP contribution in [0.2, 0.25) is 0 Å². The van der Waals surface area contributed by atoms with Gasteiger partial charge in [0, 0.05) is 24.3 Å². The van der Waals surface area contributed by atoms with E-state index >= 15 is 0 Å². The third-order valence-corrected chi connectivity index (χ3v) is 6.47. The predicted molar refractivity (Wildman–Crippen MR) is 147 cm³/mol. The quantitative estimate of drug-likeness (QED) is 0.232. The van der Waals surface area contributed by atoms with E-state index in [1.807, 2.05) is 31.2 Å². The number of aryl methyl sites for hydroxylation is 1. The molecule has 2 heterocycles. The minimum Gasteiger partial charge on any atom is -0.341 e. The van der Waals surface area contributed by atoms with Crippen LogP contribution in [0.3, 0.4) is 0 Å². The largest absolute Gasteiger partial charge is 0.341 e. The molecule has 0 radical (unpaired) electrons. The van der Waals surface area contributed by atoms with E-state index in [-0.39, 0.29) is 5.82 Å². The lowest BCUT2D eigenvalue weighted by atomic mass is 9.90. The lowest BCUT2D eigenvalue weighted by Gasteiger charge is -2.32. The fourth-order valence-electron chi connectivity index (χ4n) is 4.40. The fraction of sp³-hybridized carbons (Fsp3) is 0.241. The summed E-state index contributed by atoms with van der Waals surface area (Å²) in [4.78, 5) is 16.0. The second kappa shape index (κ2) is 11.6. The maximum Gasteiger partial charge on any atom is 0.250 e. The zero-order chi connectivity index (χ0) is 25.5. The van der Waals surface area contributed by atoms with E-state index in [0.717, 1.165) is 38.0 Å². The van der Waals surface area contributed by atoms with Gasteiger partial charge in [-0.25, -0.2) is 9.82 Å². The van der Waals surface area contributed by atoms with Gasteiger partial charge < -0.3 is 10.2 Å². The molecule has 1 fully saturated rings. The molecule has 4 aromatic rings. The van der Waals surface area contributed by atoms with E-state index in [4.69, 9.17) is 4.98 Å². The van der Waals surface area contributed by atoms with Crippen molar-refractivity contribution in [2.45, 2.75) is 26.2 Å². The van der Waals surface area contributed by atoms with Crippen molar-refractivity contribution >= 4 is 29.7 Å². The molecule has 0 atom stereocenters. The number of hydrogen-bond donors (Lipinski definition) is 2. The van der Waals surface area contributed by atoms with Gasteiger partial charge in [0.2, 0.25) is 17.8 Å². The number of piperidine rings is 1. The number of halogens is 1. The van der Waals surface area contributed by atoms with Gasteiger partial charge in [-0.15, -0.1) is 0 Å². The molecular weight excluding hydrogens is 465 g/mol. The molecule has 0 spiro atoms. The maximum absolute atomic E-state index is 13.9. The van der Waals surface area contributed by atoms with E-state index < -0.39 is 0 Å². The lowest BCUT2D eigenvalue weighted by molar-refractivity contribution is 0.400. The SMILES string of the molecule is Cc1ccc(Nc2nc(N/N=C\c3ccccc3F)nc(N3CCC(Cc4ccccc4)CC3)n2)cc1. The minimum absolute atomic E-state index is 0.290. The average Bonchev–Trinajstić information content (AvgIpc) is 2.92. The normalized spacial score (nSPS) is 14.2. The molecule has 1 aromatic heterocycles. The number of aromatic nitrogens is 3. The molecule has 8 heteroatoms. The van der Waals surface area contributed by atoms with Crippen LogP contribution in [0.25, 0.3) is 0 Å². The van der Waals surface area contributed by atoms with Gasteiger partial charge in [-0.2, -0.15) is 20.1 Å². The Hall–Kier alpha value is -4.33. The summed E-state index contributed by atoms with van der Waals surface area (Å²) in [6.45, 7) is 3.77. The molecule has 37 heavy (non-hydrogen) atoms. The van der Waals surface area contributed by atoms with Crippen molar-refractivity contribution in [2.75, 3.05) is 28.7 Å². The number of benzene rings is 3. The molecule has 1 aliphatic heterocycles. The van der Waals surface area contributed by atoms with Crippen LogP contribution in [0.15, 0.2) is 84.0 Å². The summed E-state index contributed by atoms with van der Waals surface area (Å²) >= 11 is 0. The van der Waals surface area contributed by atoms with E-state index in [0.29, 0.717) is 29.3 Å². The highest BCUT2D eigenvalue weighted by molar-refractivity contribution is 5.80. The first kappa shape index (κ1) is 24.4. The van der Waals surface area contributed by atoms with Crippen LogP contribution < -0.4 is 15.6 Å². The number of nitrogens with one attached hydrogen (secondary N) is 2. The summed E-state index contributed by atoms with van der Waals surface area (Å²) in [6, 6.07) is 25.1. The Morgan fingerprint density at radius 1 is 0.892 bits per heavy atom. The Morgan fingerprint density at radius 3 is 2.35 bits per heavy atom. The maximum atomic E-state index is 13.9. The Morgan fingerprint density at radius 2 is 1.59 bits per heavy atom. The minimum atomic E-state index is -0.343. The Kier molecular flexibility index (Phi) is 7.64. The zero-order valence-corrected chi connectivity index (χ0v) is 20.8. The van der Waals surface area contributed by atoms with E-state index in [9.17, 15) is 4.39 Å². The summed E-state index contributed by atoms with van der Waals surface area (Å²) in [5.41, 5.74) is 6.66. The molecule has 0 saturated carbocycles. The first-order chi connectivity index (χ1) is 18.1. The van der Waals surface area contributed by atoms with E-state index in [1.165, 1.54) is 23.4 Å².